The Bertz CT molecular complexity index is 712. The summed E-state index contributed by atoms with van der Waals surface area (Å²) >= 11 is 6.30. The first-order valence-corrected chi connectivity index (χ1v) is 7.96. The number of aryl methyl sites for hydroxylation is 1. The molecule has 1 aromatic heterocycles. The van der Waals surface area contributed by atoms with Crippen LogP contribution in [0.25, 0.3) is 0 Å². The molecule has 0 fully saturated rings. The Balaban J connectivity index is 2.19. The lowest BCUT2D eigenvalue weighted by Crippen LogP contribution is -2.27. The summed E-state index contributed by atoms with van der Waals surface area (Å²) in [7, 11) is 0. The lowest BCUT2D eigenvalue weighted by atomic mass is 10.1. The standard InChI is InChI=1S/C17H21ClFN3O/c1-10(2)9-22-16(18)15(12(4)21-22)17(23)20-11(3)13-6-5-7-14(19)8-13/h5-8,10-11H,9H2,1-4H3,(H,20,23). The molecule has 1 atom stereocenters. The van der Waals surface area contributed by atoms with Gasteiger partial charge in [0.25, 0.3) is 5.91 Å². The molecule has 1 amide bonds. The molecule has 4 nitrogen and oxygen atoms in total. The van der Waals surface area contributed by atoms with Crippen molar-refractivity contribution in [2.45, 2.75) is 40.3 Å². The van der Waals surface area contributed by atoms with Gasteiger partial charge in [-0.15, -0.1) is 0 Å². The van der Waals surface area contributed by atoms with Crippen molar-refractivity contribution in [3.8, 4) is 0 Å². The van der Waals surface area contributed by atoms with Crippen molar-refractivity contribution in [2.24, 2.45) is 5.92 Å². The number of hydrogen-bond donors (Lipinski definition) is 1. The van der Waals surface area contributed by atoms with E-state index in [0.29, 0.717) is 34.4 Å². The predicted molar refractivity (Wildman–Crippen MR) is 89.1 cm³/mol. The molecule has 1 heterocycles. The van der Waals surface area contributed by atoms with E-state index in [1.54, 1.807) is 30.7 Å². The fourth-order valence-electron chi connectivity index (χ4n) is 2.41. The number of carbonyl (C=O) groups excluding carboxylic acids is 1. The van der Waals surface area contributed by atoms with E-state index in [1.807, 2.05) is 0 Å². The summed E-state index contributed by atoms with van der Waals surface area (Å²) in [6.45, 7) is 8.31. The minimum absolute atomic E-state index is 0.306. The van der Waals surface area contributed by atoms with Crippen LogP contribution >= 0.6 is 11.6 Å². The monoisotopic (exact) mass is 337 g/mol. The number of rotatable bonds is 5. The highest BCUT2D eigenvalue weighted by Gasteiger charge is 2.22. The largest absolute Gasteiger partial charge is 0.345 e. The maximum absolute atomic E-state index is 13.3. The highest BCUT2D eigenvalue weighted by Crippen LogP contribution is 2.22. The third kappa shape index (κ3) is 4.10. The second kappa shape index (κ2) is 7.13. The Morgan fingerprint density at radius 1 is 1.39 bits per heavy atom. The summed E-state index contributed by atoms with van der Waals surface area (Å²) in [4.78, 5) is 12.5. The minimum atomic E-state index is -0.331. The number of benzene rings is 1. The molecule has 124 valence electrons. The van der Waals surface area contributed by atoms with Gasteiger partial charge in [-0.05, 0) is 37.5 Å². The van der Waals surface area contributed by atoms with Gasteiger partial charge in [-0.25, -0.2) is 4.39 Å². The molecule has 6 heteroatoms. The van der Waals surface area contributed by atoms with Crippen LogP contribution in [-0.2, 0) is 6.54 Å². The SMILES string of the molecule is Cc1nn(CC(C)C)c(Cl)c1C(=O)NC(C)c1cccc(F)c1. The second-order valence-corrected chi connectivity index (χ2v) is 6.44. The first-order chi connectivity index (χ1) is 10.8. The van der Waals surface area contributed by atoms with Gasteiger partial charge in [0.15, 0.2) is 0 Å². The molecular formula is C17H21ClFN3O. The number of amides is 1. The summed E-state index contributed by atoms with van der Waals surface area (Å²) in [6, 6.07) is 5.83. The van der Waals surface area contributed by atoms with Gasteiger partial charge < -0.3 is 5.32 Å². The van der Waals surface area contributed by atoms with Crippen LogP contribution in [-0.4, -0.2) is 15.7 Å². The summed E-state index contributed by atoms with van der Waals surface area (Å²) < 4.78 is 14.9. The minimum Gasteiger partial charge on any atom is -0.345 e. The van der Waals surface area contributed by atoms with E-state index in [4.69, 9.17) is 11.6 Å². The molecule has 2 rings (SSSR count). The van der Waals surface area contributed by atoms with E-state index >= 15 is 0 Å². The first kappa shape index (κ1) is 17.5. The van der Waals surface area contributed by atoms with Crippen LogP contribution in [0.3, 0.4) is 0 Å². The van der Waals surface area contributed by atoms with Crippen LogP contribution in [0, 0.1) is 18.7 Å². The normalized spacial score (nSPS) is 12.5. The quantitative estimate of drug-likeness (QED) is 0.891. The van der Waals surface area contributed by atoms with Crippen LogP contribution in [0.4, 0.5) is 4.39 Å². The molecule has 1 unspecified atom stereocenters. The van der Waals surface area contributed by atoms with Crippen molar-refractivity contribution >= 4 is 17.5 Å². The van der Waals surface area contributed by atoms with Crippen LogP contribution < -0.4 is 5.32 Å². The molecule has 2 aromatic rings. The summed E-state index contributed by atoms with van der Waals surface area (Å²) in [6.07, 6.45) is 0. The fraction of sp³-hybridized carbons (Fsp3) is 0.412. The molecule has 23 heavy (non-hydrogen) atoms. The molecule has 0 spiro atoms. The zero-order valence-corrected chi connectivity index (χ0v) is 14.5. The molecule has 0 aliphatic carbocycles. The van der Waals surface area contributed by atoms with Gasteiger partial charge in [0.1, 0.15) is 11.0 Å². The van der Waals surface area contributed by atoms with Gasteiger partial charge >= 0.3 is 0 Å². The average molecular weight is 338 g/mol. The molecule has 1 aromatic carbocycles. The van der Waals surface area contributed by atoms with E-state index in [9.17, 15) is 9.18 Å². The number of nitrogens with zero attached hydrogens (tertiary/aromatic N) is 2. The number of hydrogen-bond acceptors (Lipinski definition) is 2. The van der Waals surface area contributed by atoms with E-state index in [0.717, 1.165) is 0 Å². The Morgan fingerprint density at radius 3 is 2.70 bits per heavy atom. The molecule has 1 N–H and O–H groups in total. The molecule has 0 aliphatic heterocycles. The van der Waals surface area contributed by atoms with Crippen LogP contribution in [0.1, 0.15) is 48.4 Å². The lowest BCUT2D eigenvalue weighted by Gasteiger charge is -2.14. The number of carbonyl (C=O) groups is 1. The van der Waals surface area contributed by atoms with Crippen molar-refractivity contribution in [3.05, 3.63) is 52.1 Å². The van der Waals surface area contributed by atoms with E-state index in [1.165, 1.54) is 12.1 Å². The van der Waals surface area contributed by atoms with E-state index < -0.39 is 0 Å². The van der Waals surface area contributed by atoms with Crippen molar-refractivity contribution in [2.75, 3.05) is 0 Å². The van der Waals surface area contributed by atoms with Gasteiger partial charge in [0, 0.05) is 6.54 Å². The Morgan fingerprint density at radius 2 is 2.09 bits per heavy atom. The fourth-order valence-corrected chi connectivity index (χ4v) is 2.74. The van der Waals surface area contributed by atoms with E-state index in [2.05, 4.69) is 24.3 Å². The van der Waals surface area contributed by atoms with E-state index in [-0.39, 0.29) is 17.8 Å². The summed E-state index contributed by atoms with van der Waals surface area (Å²) in [5.41, 5.74) is 1.65. The zero-order valence-electron chi connectivity index (χ0n) is 13.7. The van der Waals surface area contributed by atoms with Crippen LogP contribution in [0.15, 0.2) is 24.3 Å². The molecule has 0 saturated carbocycles. The maximum Gasteiger partial charge on any atom is 0.256 e. The predicted octanol–water partition coefficient (Wildman–Crippen LogP) is 4.13. The second-order valence-electron chi connectivity index (χ2n) is 6.08. The smallest absolute Gasteiger partial charge is 0.256 e. The van der Waals surface area contributed by atoms with Gasteiger partial charge in [-0.1, -0.05) is 37.6 Å². The summed E-state index contributed by atoms with van der Waals surface area (Å²) in [5, 5.41) is 7.51. The van der Waals surface area contributed by atoms with Gasteiger partial charge in [-0.2, -0.15) is 5.10 Å². The van der Waals surface area contributed by atoms with Gasteiger partial charge in [-0.3, -0.25) is 9.48 Å². The number of halogens is 2. The summed E-state index contributed by atoms with van der Waals surface area (Å²) in [5.74, 6) is -0.268. The molecule has 0 bridgehead atoms. The van der Waals surface area contributed by atoms with Crippen molar-refractivity contribution in [3.63, 3.8) is 0 Å². The molecular weight excluding hydrogens is 317 g/mol. The van der Waals surface area contributed by atoms with Crippen molar-refractivity contribution in [1.29, 1.82) is 0 Å². The Kier molecular flexibility index (Phi) is 5.42. The lowest BCUT2D eigenvalue weighted by molar-refractivity contribution is 0.0939. The van der Waals surface area contributed by atoms with Gasteiger partial charge in [0.05, 0.1) is 17.3 Å². The van der Waals surface area contributed by atoms with Crippen LogP contribution in [0.2, 0.25) is 5.15 Å². The van der Waals surface area contributed by atoms with Crippen LogP contribution in [0.5, 0.6) is 0 Å². The first-order valence-electron chi connectivity index (χ1n) is 7.58. The third-order valence-electron chi connectivity index (χ3n) is 3.53. The average Bonchev–Trinajstić information content (AvgIpc) is 2.72. The highest BCUT2D eigenvalue weighted by atomic mass is 35.5. The molecule has 0 aliphatic rings. The Labute approximate surface area is 140 Å². The number of aromatic nitrogens is 2. The van der Waals surface area contributed by atoms with Gasteiger partial charge in [0.2, 0.25) is 0 Å². The molecule has 0 saturated heterocycles. The topological polar surface area (TPSA) is 46.9 Å². The van der Waals surface area contributed by atoms with Crippen molar-refractivity contribution in [1.82, 2.24) is 15.1 Å². The number of nitrogens with one attached hydrogen (secondary N) is 1. The Hall–Kier alpha value is -1.88. The molecule has 0 radical (unpaired) electrons. The maximum atomic E-state index is 13.3. The highest BCUT2D eigenvalue weighted by molar-refractivity contribution is 6.33. The third-order valence-corrected chi connectivity index (χ3v) is 3.91. The zero-order chi connectivity index (χ0) is 17.1. The van der Waals surface area contributed by atoms with Crippen molar-refractivity contribution < 1.29 is 9.18 Å².